The molecule has 0 atom stereocenters. The zero-order valence-corrected chi connectivity index (χ0v) is 14.4. The first-order chi connectivity index (χ1) is 11.4. The number of anilines is 2. The highest BCUT2D eigenvalue weighted by Crippen LogP contribution is 2.29. The number of rotatable bonds is 3. The number of guanidine groups is 1. The lowest BCUT2D eigenvalue weighted by Crippen LogP contribution is -2.44. The Kier molecular flexibility index (Phi) is 4.34. The van der Waals surface area contributed by atoms with Crippen LogP contribution in [0.4, 0.5) is 11.4 Å². The first-order valence-electron chi connectivity index (χ1n) is 8.18. The average molecular weight is 324 g/mol. The molecule has 0 saturated heterocycles. The van der Waals surface area contributed by atoms with E-state index < -0.39 is 0 Å². The zero-order chi connectivity index (χ0) is 17.2. The van der Waals surface area contributed by atoms with Crippen molar-refractivity contribution in [2.24, 2.45) is 4.99 Å². The molecule has 3 rings (SSSR count). The van der Waals surface area contributed by atoms with Crippen LogP contribution in [0.5, 0.6) is 5.75 Å². The number of benzene rings is 2. The summed E-state index contributed by atoms with van der Waals surface area (Å²) >= 11 is 0. The van der Waals surface area contributed by atoms with E-state index >= 15 is 0 Å². The third-order valence-electron chi connectivity index (χ3n) is 3.97. The summed E-state index contributed by atoms with van der Waals surface area (Å²) in [6.45, 7) is 8.19. The quantitative estimate of drug-likeness (QED) is 0.758. The summed E-state index contributed by atoms with van der Waals surface area (Å²) in [7, 11) is 0. The van der Waals surface area contributed by atoms with Gasteiger partial charge in [0.1, 0.15) is 5.75 Å². The van der Waals surface area contributed by atoms with Gasteiger partial charge in [0.25, 0.3) is 0 Å². The highest BCUT2D eigenvalue weighted by atomic mass is 16.3. The maximum Gasteiger partial charge on any atom is 0.210 e. The monoisotopic (exact) mass is 324 g/mol. The zero-order valence-electron chi connectivity index (χ0n) is 14.4. The Bertz CT molecular complexity index is 732. The molecule has 5 heteroatoms. The van der Waals surface area contributed by atoms with Crippen molar-refractivity contribution in [2.75, 3.05) is 18.1 Å². The number of nitrogens with one attached hydrogen (secondary N) is 2. The van der Waals surface area contributed by atoms with Gasteiger partial charge >= 0.3 is 0 Å². The number of hydrogen-bond donors (Lipinski definition) is 3. The summed E-state index contributed by atoms with van der Waals surface area (Å²) in [6, 6.07) is 15.6. The van der Waals surface area contributed by atoms with Crippen LogP contribution < -0.4 is 15.8 Å². The second kappa shape index (κ2) is 6.43. The molecular formula is C19H24N4O. The van der Waals surface area contributed by atoms with E-state index in [1.807, 2.05) is 17.1 Å². The van der Waals surface area contributed by atoms with Gasteiger partial charge in [-0.15, -0.1) is 0 Å². The number of nitrogens with zero attached hydrogens (tertiary/aromatic N) is 2. The predicted octanol–water partition coefficient (Wildman–Crippen LogP) is 3.29. The maximum absolute atomic E-state index is 9.82. The summed E-state index contributed by atoms with van der Waals surface area (Å²) in [5.74, 6) is 0.963. The van der Waals surface area contributed by atoms with Crippen LogP contribution in [-0.2, 0) is 5.41 Å². The third-order valence-corrected chi connectivity index (χ3v) is 3.97. The van der Waals surface area contributed by atoms with Crippen molar-refractivity contribution in [3.05, 3.63) is 54.1 Å². The molecule has 0 radical (unpaired) electrons. The predicted molar refractivity (Wildman–Crippen MR) is 98.8 cm³/mol. The van der Waals surface area contributed by atoms with E-state index in [4.69, 9.17) is 0 Å². The fourth-order valence-corrected chi connectivity index (χ4v) is 2.60. The number of aliphatic imine (C=N–C) groups is 1. The maximum atomic E-state index is 9.82. The van der Waals surface area contributed by atoms with E-state index in [0.717, 1.165) is 30.4 Å². The molecule has 0 spiro atoms. The van der Waals surface area contributed by atoms with Gasteiger partial charge in [-0.1, -0.05) is 39.0 Å². The highest BCUT2D eigenvalue weighted by molar-refractivity contribution is 5.85. The average Bonchev–Trinajstić information content (AvgIpc) is 3.05. The summed E-state index contributed by atoms with van der Waals surface area (Å²) in [6.07, 6.45) is 0. The van der Waals surface area contributed by atoms with Gasteiger partial charge in [0.2, 0.25) is 5.96 Å². The fourth-order valence-electron chi connectivity index (χ4n) is 2.60. The van der Waals surface area contributed by atoms with E-state index in [0.29, 0.717) is 0 Å². The van der Waals surface area contributed by atoms with Crippen molar-refractivity contribution in [3.63, 3.8) is 0 Å². The van der Waals surface area contributed by atoms with E-state index in [9.17, 15) is 5.11 Å². The lowest BCUT2D eigenvalue weighted by atomic mass is 9.87. The van der Waals surface area contributed by atoms with Crippen LogP contribution in [0.3, 0.4) is 0 Å². The Morgan fingerprint density at radius 2 is 1.83 bits per heavy atom. The molecular weight excluding hydrogens is 300 g/mol. The Morgan fingerprint density at radius 3 is 2.42 bits per heavy atom. The number of aromatic hydroxyl groups is 1. The fraction of sp³-hybridized carbons (Fsp3) is 0.316. The van der Waals surface area contributed by atoms with Gasteiger partial charge in [-0.2, -0.15) is 0 Å². The smallest absolute Gasteiger partial charge is 0.210 e. The van der Waals surface area contributed by atoms with Crippen molar-refractivity contribution < 1.29 is 5.11 Å². The van der Waals surface area contributed by atoms with Crippen LogP contribution in [0.1, 0.15) is 26.3 Å². The topological polar surface area (TPSA) is 59.9 Å². The van der Waals surface area contributed by atoms with Crippen LogP contribution >= 0.6 is 0 Å². The van der Waals surface area contributed by atoms with Crippen LogP contribution in [-0.4, -0.2) is 24.2 Å². The van der Waals surface area contributed by atoms with Crippen molar-refractivity contribution in [1.82, 2.24) is 10.7 Å². The van der Waals surface area contributed by atoms with Crippen molar-refractivity contribution in [2.45, 2.75) is 26.2 Å². The summed E-state index contributed by atoms with van der Waals surface area (Å²) < 4.78 is 0. The van der Waals surface area contributed by atoms with Gasteiger partial charge in [-0.05, 0) is 35.2 Å². The largest absolute Gasteiger partial charge is 0.508 e. The minimum atomic E-state index is 0.110. The Balaban J connectivity index is 1.94. The van der Waals surface area contributed by atoms with Crippen molar-refractivity contribution >= 4 is 17.3 Å². The molecule has 5 nitrogen and oxygen atoms in total. The van der Waals surface area contributed by atoms with E-state index in [1.165, 1.54) is 5.56 Å². The lowest BCUT2D eigenvalue weighted by molar-refractivity contribution is 0.475. The van der Waals surface area contributed by atoms with Crippen LogP contribution in [0.25, 0.3) is 0 Å². The molecule has 0 aromatic heterocycles. The van der Waals surface area contributed by atoms with Gasteiger partial charge in [0, 0.05) is 12.6 Å². The van der Waals surface area contributed by atoms with Gasteiger partial charge in [-0.25, -0.2) is 0 Å². The lowest BCUT2D eigenvalue weighted by Gasteiger charge is -2.27. The molecule has 0 aliphatic carbocycles. The Hall–Kier alpha value is -2.69. The molecule has 1 aliphatic heterocycles. The van der Waals surface area contributed by atoms with Gasteiger partial charge in [0.05, 0.1) is 17.9 Å². The minimum Gasteiger partial charge on any atom is -0.508 e. The summed E-state index contributed by atoms with van der Waals surface area (Å²) in [4.78, 5) is 4.40. The van der Waals surface area contributed by atoms with Crippen LogP contribution in [0.2, 0.25) is 0 Å². The number of phenols is 1. The number of phenolic OH excluding ortho intramolecular Hbond substituents is 1. The first kappa shape index (κ1) is 16.2. The molecule has 1 aliphatic rings. The highest BCUT2D eigenvalue weighted by Gasteiger charge is 2.17. The standard InChI is InChI=1S/C19H24N4O/c1-19(2,3)14-7-9-15(10-8-14)23(22-18-20-11-12-21-18)16-5-4-6-17(24)13-16/h4-10,13,24H,11-12H2,1-3H3,(H2,20,21,22). The molecule has 2 aromatic carbocycles. The van der Waals surface area contributed by atoms with Gasteiger partial charge in [-0.3, -0.25) is 15.4 Å². The molecule has 0 fully saturated rings. The molecule has 0 saturated carbocycles. The molecule has 126 valence electrons. The van der Waals surface area contributed by atoms with Gasteiger partial charge in [0.15, 0.2) is 0 Å². The summed E-state index contributed by atoms with van der Waals surface area (Å²) in [5.41, 5.74) is 6.50. The molecule has 0 amide bonds. The third kappa shape index (κ3) is 3.62. The van der Waals surface area contributed by atoms with Crippen LogP contribution in [0.15, 0.2) is 53.5 Å². The Morgan fingerprint density at radius 1 is 1.08 bits per heavy atom. The number of hydrogen-bond acceptors (Lipinski definition) is 5. The number of hydrazine groups is 1. The minimum absolute atomic E-state index is 0.110. The second-order valence-electron chi connectivity index (χ2n) is 6.92. The first-order valence-corrected chi connectivity index (χ1v) is 8.18. The van der Waals surface area contributed by atoms with Crippen LogP contribution in [0, 0.1) is 0 Å². The molecule has 3 N–H and O–H groups in total. The Labute approximate surface area is 143 Å². The van der Waals surface area contributed by atoms with Crippen molar-refractivity contribution in [3.8, 4) is 5.75 Å². The van der Waals surface area contributed by atoms with E-state index in [1.54, 1.807) is 12.1 Å². The van der Waals surface area contributed by atoms with Crippen molar-refractivity contribution in [1.29, 1.82) is 0 Å². The van der Waals surface area contributed by atoms with Gasteiger partial charge < -0.3 is 10.4 Å². The molecule has 0 unspecified atom stereocenters. The normalized spacial score (nSPS) is 14.0. The van der Waals surface area contributed by atoms with E-state index in [2.05, 4.69) is 60.8 Å². The second-order valence-corrected chi connectivity index (χ2v) is 6.92. The SMILES string of the molecule is CC(C)(C)c1ccc(N(NC2=NCCN2)c2cccc(O)c2)cc1. The van der Waals surface area contributed by atoms with E-state index in [-0.39, 0.29) is 11.2 Å². The summed E-state index contributed by atoms with van der Waals surface area (Å²) in [5, 5.41) is 15.0. The molecule has 2 aromatic rings. The molecule has 1 heterocycles. The molecule has 0 bridgehead atoms. The molecule has 24 heavy (non-hydrogen) atoms.